The van der Waals surface area contributed by atoms with Crippen LogP contribution in [0.4, 0.5) is 5.69 Å². The Labute approximate surface area is 123 Å². The molecule has 0 aliphatic carbocycles. The number of carboxylic acids is 1. The van der Waals surface area contributed by atoms with Crippen molar-refractivity contribution in [3.63, 3.8) is 0 Å². The third kappa shape index (κ3) is 3.40. The first-order valence-electron chi connectivity index (χ1n) is 5.84. The summed E-state index contributed by atoms with van der Waals surface area (Å²) in [6.45, 7) is 0.898. The molecule has 0 radical (unpaired) electrons. The average Bonchev–Trinajstić information content (AvgIpc) is 2.38. The Morgan fingerprint density at radius 1 is 1.35 bits per heavy atom. The van der Waals surface area contributed by atoms with Crippen molar-refractivity contribution in [2.75, 3.05) is 18.5 Å². The monoisotopic (exact) mass is 344 g/mol. The number of halogens is 1. The molecule has 20 heavy (non-hydrogen) atoms. The average molecular weight is 345 g/mol. The largest absolute Gasteiger partial charge is 0.486 e. The summed E-state index contributed by atoms with van der Waals surface area (Å²) in [5.41, 5.74) is 5.93. The molecule has 0 saturated heterocycles. The minimum Gasteiger partial charge on any atom is -0.486 e. The lowest BCUT2D eigenvalue weighted by atomic mass is 10.2. The van der Waals surface area contributed by atoms with Crippen LogP contribution in [0.2, 0.25) is 0 Å². The number of anilines is 1. The smallest absolute Gasteiger partial charge is 0.305 e. The van der Waals surface area contributed by atoms with Gasteiger partial charge in [-0.1, -0.05) is 0 Å². The number of rotatable bonds is 4. The molecule has 1 amide bonds. The molecule has 1 aromatic carbocycles. The van der Waals surface area contributed by atoms with Crippen molar-refractivity contribution in [1.82, 2.24) is 0 Å². The molecule has 7 nitrogen and oxygen atoms in total. The van der Waals surface area contributed by atoms with Crippen molar-refractivity contribution < 1.29 is 24.2 Å². The predicted molar refractivity (Wildman–Crippen MR) is 74.0 cm³/mol. The quantitative estimate of drug-likeness (QED) is 0.750. The SMILES string of the molecule is NC(CC(=O)O)C(=O)Nc1cc2c(cc1Br)OCCO2. The van der Waals surface area contributed by atoms with E-state index >= 15 is 0 Å². The summed E-state index contributed by atoms with van der Waals surface area (Å²) >= 11 is 3.30. The maximum Gasteiger partial charge on any atom is 0.305 e. The van der Waals surface area contributed by atoms with E-state index in [2.05, 4.69) is 21.2 Å². The van der Waals surface area contributed by atoms with Crippen LogP contribution < -0.4 is 20.5 Å². The van der Waals surface area contributed by atoms with Crippen molar-refractivity contribution >= 4 is 33.5 Å². The first kappa shape index (κ1) is 14.6. The minimum atomic E-state index is -1.13. The summed E-state index contributed by atoms with van der Waals surface area (Å²) in [5, 5.41) is 11.2. The fourth-order valence-corrected chi connectivity index (χ4v) is 2.09. The maximum absolute atomic E-state index is 11.8. The summed E-state index contributed by atoms with van der Waals surface area (Å²) in [4.78, 5) is 22.3. The summed E-state index contributed by atoms with van der Waals surface area (Å²) in [6.07, 6.45) is -0.437. The Bertz CT molecular complexity index is 549. The van der Waals surface area contributed by atoms with Crippen LogP contribution in [0.3, 0.4) is 0 Å². The lowest BCUT2D eigenvalue weighted by Crippen LogP contribution is -2.37. The van der Waals surface area contributed by atoms with Gasteiger partial charge in [0.1, 0.15) is 13.2 Å². The van der Waals surface area contributed by atoms with E-state index in [1.54, 1.807) is 12.1 Å². The molecule has 1 aliphatic heterocycles. The number of carboxylic acid groups (broad SMARTS) is 1. The number of nitrogens with two attached hydrogens (primary N) is 1. The van der Waals surface area contributed by atoms with E-state index in [0.717, 1.165) is 0 Å². The lowest BCUT2D eigenvalue weighted by molar-refractivity contribution is -0.138. The number of benzene rings is 1. The fraction of sp³-hybridized carbons (Fsp3) is 0.333. The van der Waals surface area contributed by atoms with E-state index in [1.165, 1.54) is 0 Å². The van der Waals surface area contributed by atoms with Crippen molar-refractivity contribution in [2.24, 2.45) is 5.73 Å². The molecule has 1 heterocycles. The van der Waals surface area contributed by atoms with Gasteiger partial charge in [-0.3, -0.25) is 9.59 Å². The van der Waals surface area contributed by atoms with E-state index in [-0.39, 0.29) is 0 Å². The van der Waals surface area contributed by atoms with Gasteiger partial charge in [-0.2, -0.15) is 0 Å². The number of hydrogen-bond acceptors (Lipinski definition) is 5. The number of carbonyl (C=O) groups is 2. The zero-order valence-electron chi connectivity index (χ0n) is 10.4. The van der Waals surface area contributed by atoms with Crippen LogP contribution in [0.5, 0.6) is 11.5 Å². The van der Waals surface area contributed by atoms with Gasteiger partial charge in [0.05, 0.1) is 18.2 Å². The standard InChI is InChI=1S/C12H13BrN2O5/c13-6-3-9-10(20-2-1-19-9)5-8(6)15-12(18)7(14)4-11(16)17/h3,5,7H,1-2,4,14H2,(H,15,18)(H,16,17). The van der Waals surface area contributed by atoms with Crippen LogP contribution in [-0.2, 0) is 9.59 Å². The Balaban J connectivity index is 2.13. The first-order valence-corrected chi connectivity index (χ1v) is 6.64. The van der Waals surface area contributed by atoms with E-state index in [4.69, 9.17) is 20.3 Å². The Hall–Kier alpha value is -1.80. The topological polar surface area (TPSA) is 111 Å². The van der Waals surface area contributed by atoms with Gasteiger partial charge in [0.2, 0.25) is 5.91 Å². The zero-order chi connectivity index (χ0) is 14.7. The molecule has 0 bridgehead atoms. The third-order valence-corrected chi connectivity index (χ3v) is 3.28. The van der Waals surface area contributed by atoms with Gasteiger partial charge >= 0.3 is 5.97 Å². The number of aliphatic carboxylic acids is 1. The molecule has 0 aromatic heterocycles. The summed E-state index contributed by atoms with van der Waals surface area (Å²) in [5.74, 6) is -0.615. The highest BCUT2D eigenvalue weighted by Crippen LogP contribution is 2.38. The first-order chi connectivity index (χ1) is 9.47. The molecule has 0 spiro atoms. The second-order valence-corrected chi connectivity index (χ2v) is 5.02. The molecule has 108 valence electrons. The number of amides is 1. The molecular formula is C12H13BrN2O5. The van der Waals surface area contributed by atoms with Gasteiger partial charge < -0.3 is 25.6 Å². The summed E-state index contributed by atoms with van der Waals surface area (Å²) < 4.78 is 11.4. The number of fused-ring (bicyclic) bond motifs is 1. The van der Waals surface area contributed by atoms with Gasteiger partial charge in [0.25, 0.3) is 0 Å². The Morgan fingerprint density at radius 3 is 2.55 bits per heavy atom. The third-order valence-electron chi connectivity index (χ3n) is 2.62. The van der Waals surface area contributed by atoms with Crippen LogP contribution in [0.1, 0.15) is 6.42 Å². The van der Waals surface area contributed by atoms with Gasteiger partial charge in [-0.15, -0.1) is 0 Å². The van der Waals surface area contributed by atoms with Crippen molar-refractivity contribution in [3.8, 4) is 11.5 Å². The number of hydrogen-bond donors (Lipinski definition) is 3. The Morgan fingerprint density at radius 2 is 1.95 bits per heavy atom. The lowest BCUT2D eigenvalue weighted by Gasteiger charge is -2.20. The molecule has 2 rings (SSSR count). The second-order valence-electron chi connectivity index (χ2n) is 4.17. The Kier molecular flexibility index (Phi) is 4.46. The number of nitrogens with one attached hydrogen (secondary N) is 1. The summed E-state index contributed by atoms with van der Waals surface area (Å²) in [6, 6.07) is 2.16. The van der Waals surface area contributed by atoms with Gasteiger partial charge in [-0.05, 0) is 15.9 Å². The van der Waals surface area contributed by atoms with Gasteiger partial charge in [0.15, 0.2) is 11.5 Å². The fourth-order valence-electron chi connectivity index (χ4n) is 1.67. The van der Waals surface area contributed by atoms with E-state index in [0.29, 0.717) is 34.9 Å². The van der Waals surface area contributed by atoms with Crippen LogP contribution >= 0.6 is 15.9 Å². The molecule has 1 aliphatic rings. The van der Waals surface area contributed by atoms with E-state index < -0.39 is 24.3 Å². The van der Waals surface area contributed by atoms with Gasteiger partial charge in [0, 0.05) is 16.6 Å². The predicted octanol–water partition coefficient (Wildman–Crippen LogP) is 0.961. The molecular weight excluding hydrogens is 332 g/mol. The maximum atomic E-state index is 11.8. The van der Waals surface area contributed by atoms with Crippen LogP contribution in [-0.4, -0.2) is 36.2 Å². The molecule has 1 atom stereocenters. The minimum absolute atomic E-state index is 0.431. The van der Waals surface area contributed by atoms with Crippen molar-refractivity contribution in [3.05, 3.63) is 16.6 Å². The van der Waals surface area contributed by atoms with Crippen LogP contribution in [0.15, 0.2) is 16.6 Å². The molecule has 1 aromatic rings. The molecule has 0 fully saturated rings. The number of ether oxygens (including phenoxy) is 2. The normalized spacial score (nSPS) is 14.5. The van der Waals surface area contributed by atoms with Gasteiger partial charge in [-0.25, -0.2) is 0 Å². The molecule has 8 heteroatoms. The summed E-state index contributed by atoms with van der Waals surface area (Å²) in [7, 11) is 0. The van der Waals surface area contributed by atoms with Crippen molar-refractivity contribution in [1.29, 1.82) is 0 Å². The van der Waals surface area contributed by atoms with Crippen LogP contribution in [0.25, 0.3) is 0 Å². The zero-order valence-corrected chi connectivity index (χ0v) is 12.0. The van der Waals surface area contributed by atoms with Crippen LogP contribution in [0, 0.1) is 0 Å². The molecule has 0 saturated carbocycles. The van der Waals surface area contributed by atoms with Crippen molar-refractivity contribution in [2.45, 2.75) is 12.5 Å². The van der Waals surface area contributed by atoms with E-state index in [1.807, 2.05) is 0 Å². The number of carbonyl (C=O) groups excluding carboxylic acids is 1. The second kappa shape index (κ2) is 6.10. The highest BCUT2D eigenvalue weighted by molar-refractivity contribution is 9.10. The molecule has 4 N–H and O–H groups in total. The highest BCUT2D eigenvalue weighted by Gasteiger charge is 2.20. The van der Waals surface area contributed by atoms with E-state index in [9.17, 15) is 9.59 Å². The molecule has 1 unspecified atom stereocenters. The highest BCUT2D eigenvalue weighted by atomic mass is 79.9.